The van der Waals surface area contributed by atoms with Crippen molar-refractivity contribution in [2.45, 2.75) is 53.1 Å². The molecule has 2 aromatic rings. The zero-order chi connectivity index (χ0) is 24.0. The van der Waals surface area contributed by atoms with Crippen molar-refractivity contribution in [3.8, 4) is 11.3 Å². The lowest BCUT2D eigenvalue weighted by Crippen LogP contribution is -2.47. The molecule has 1 fully saturated rings. The van der Waals surface area contributed by atoms with Gasteiger partial charge in [0.15, 0.2) is 0 Å². The number of benzene rings is 1. The minimum atomic E-state index is -0.379. The molecule has 0 atom stereocenters. The van der Waals surface area contributed by atoms with Gasteiger partial charge in [-0.1, -0.05) is 30.3 Å². The monoisotopic (exact) mass is 455 g/mol. The first-order valence-electron chi connectivity index (χ1n) is 11.5. The molecule has 1 N–H and O–H groups in total. The predicted molar refractivity (Wildman–Crippen MR) is 125 cm³/mol. The van der Waals surface area contributed by atoms with E-state index in [1.165, 1.54) is 0 Å². The molecule has 178 valence electrons. The molecule has 8 nitrogen and oxygen atoms in total. The van der Waals surface area contributed by atoms with Gasteiger partial charge in [-0.25, -0.2) is 9.59 Å². The molecule has 2 amide bonds. The molecule has 1 aliphatic heterocycles. The minimum absolute atomic E-state index is 0.00940. The van der Waals surface area contributed by atoms with E-state index in [0.717, 1.165) is 16.8 Å². The van der Waals surface area contributed by atoms with Crippen LogP contribution in [0.3, 0.4) is 0 Å². The summed E-state index contributed by atoms with van der Waals surface area (Å²) in [5, 5.41) is 3.09. The van der Waals surface area contributed by atoms with Crippen LogP contribution in [0.5, 0.6) is 0 Å². The molecule has 0 spiro atoms. The van der Waals surface area contributed by atoms with Crippen LogP contribution in [0.15, 0.2) is 30.3 Å². The Hall–Kier alpha value is -3.29. The number of hydrogen-bond acceptors (Lipinski definition) is 5. The Kier molecular flexibility index (Phi) is 8.14. The van der Waals surface area contributed by atoms with Crippen molar-refractivity contribution in [1.29, 1.82) is 0 Å². The number of nitrogens with zero attached hydrogens (tertiary/aromatic N) is 2. The molecule has 0 saturated carbocycles. The molecule has 0 unspecified atom stereocenters. The van der Waals surface area contributed by atoms with Gasteiger partial charge in [0.25, 0.3) is 0 Å². The molecule has 1 aromatic heterocycles. The van der Waals surface area contributed by atoms with E-state index in [1.54, 1.807) is 18.7 Å². The van der Waals surface area contributed by atoms with Gasteiger partial charge in [-0.3, -0.25) is 4.79 Å². The molecule has 2 heterocycles. The quantitative estimate of drug-likeness (QED) is 0.643. The lowest BCUT2D eigenvalue weighted by Gasteiger charge is -2.31. The van der Waals surface area contributed by atoms with Crippen LogP contribution in [0.2, 0.25) is 0 Å². The van der Waals surface area contributed by atoms with Crippen LogP contribution in [0, 0.1) is 13.8 Å². The first kappa shape index (κ1) is 24.4. The van der Waals surface area contributed by atoms with Gasteiger partial charge in [-0.05, 0) is 51.7 Å². The molecular formula is C25H33N3O5. The van der Waals surface area contributed by atoms with Gasteiger partial charge in [0, 0.05) is 24.8 Å². The first-order valence-corrected chi connectivity index (χ1v) is 11.5. The normalized spacial score (nSPS) is 14.1. The number of aromatic nitrogens is 1. The van der Waals surface area contributed by atoms with E-state index in [4.69, 9.17) is 9.47 Å². The predicted octanol–water partition coefficient (Wildman–Crippen LogP) is 3.69. The maximum absolute atomic E-state index is 13.0. The average molecular weight is 456 g/mol. The zero-order valence-corrected chi connectivity index (χ0v) is 19.8. The van der Waals surface area contributed by atoms with E-state index < -0.39 is 0 Å². The molecular weight excluding hydrogens is 422 g/mol. The molecule has 0 radical (unpaired) electrons. The Balaban J connectivity index is 1.77. The standard InChI is InChI=1S/C25H33N3O5/c1-5-32-24(30)22-17(3)23(19-10-8-7-9-11-19)28(18(22)4)16-21(29)26-20-12-14-27(15-13-20)25(31)33-6-2/h7-11,20H,5-6,12-16H2,1-4H3,(H,26,29). The summed E-state index contributed by atoms with van der Waals surface area (Å²) < 4.78 is 12.2. The second kappa shape index (κ2) is 11.0. The summed E-state index contributed by atoms with van der Waals surface area (Å²) in [5.41, 5.74) is 3.78. The van der Waals surface area contributed by atoms with Crippen molar-refractivity contribution in [1.82, 2.24) is 14.8 Å². The van der Waals surface area contributed by atoms with Crippen molar-refractivity contribution < 1.29 is 23.9 Å². The van der Waals surface area contributed by atoms with Crippen molar-refractivity contribution in [2.24, 2.45) is 0 Å². The zero-order valence-electron chi connectivity index (χ0n) is 19.8. The van der Waals surface area contributed by atoms with E-state index >= 15 is 0 Å². The fourth-order valence-electron chi connectivity index (χ4n) is 4.40. The van der Waals surface area contributed by atoms with Gasteiger partial charge in [0.1, 0.15) is 6.54 Å². The highest BCUT2D eigenvalue weighted by Crippen LogP contribution is 2.31. The second-order valence-corrected chi connectivity index (χ2v) is 8.13. The van der Waals surface area contributed by atoms with Crippen LogP contribution in [-0.2, 0) is 20.8 Å². The van der Waals surface area contributed by atoms with Gasteiger partial charge in [0.2, 0.25) is 5.91 Å². The number of piperidine rings is 1. The highest BCUT2D eigenvalue weighted by molar-refractivity contribution is 5.95. The van der Waals surface area contributed by atoms with E-state index in [2.05, 4.69) is 5.32 Å². The highest BCUT2D eigenvalue weighted by Gasteiger charge is 2.27. The average Bonchev–Trinajstić information content (AvgIpc) is 3.04. The number of esters is 1. The summed E-state index contributed by atoms with van der Waals surface area (Å²) in [6.45, 7) is 9.12. The van der Waals surface area contributed by atoms with Gasteiger partial charge in [0.05, 0.1) is 24.5 Å². The molecule has 1 saturated heterocycles. The van der Waals surface area contributed by atoms with E-state index in [9.17, 15) is 14.4 Å². The number of carbonyl (C=O) groups excluding carboxylic acids is 3. The van der Waals surface area contributed by atoms with Crippen molar-refractivity contribution >= 4 is 18.0 Å². The maximum atomic E-state index is 13.0. The number of carbonyl (C=O) groups is 3. The SMILES string of the molecule is CCOC(=O)c1c(C)c(-c2ccccc2)n(CC(=O)NC2CCN(C(=O)OCC)CC2)c1C. The Morgan fingerprint density at radius 1 is 1.00 bits per heavy atom. The van der Waals surface area contributed by atoms with E-state index in [1.807, 2.05) is 48.7 Å². The van der Waals surface area contributed by atoms with Crippen LogP contribution >= 0.6 is 0 Å². The van der Waals surface area contributed by atoms with Crippen molar-refractivity contribution in [3.05, 3.63) is 47.2 Å². The van der Waals surface area contributed by atoms with Crippen LogP contribution in [0.4, 0.5) is 4.79 Å². The van der Waals surface area contributed by atoms with Crippen LogP contribution < -0.4 is 5.32 Å². The number of hydrogen-bond donors (Lipinski definition) is 1. The molecule has 8 heteroatoms. The lowest BCUT2D eigenvalue weighted by atomic mass is 10.1. The Bertz CT molecular complexity index is 991. The van der Waals surface area contributed by atoms with Crippen LogP contribution in [0.1, 0.15) is 48.3 Å². The summed E-state index contributed by atoms with van der Waals surface area (Å²) in [6, 6.07) is 9.73. The van der Waals surface area contributed by atoms with E-state index in [0.29, 0.717) is 43.8 Å². The molecule has 1 aromatic carbocycles. The molecule has 0 aliphatic carbocycles. The summed E-state index contributed by atoms with van der Waals surface area (Å²) in [4.78, 5) is 39.2. The third-order valence-corrected chi connectivity index (χ3v) is 5.98. The first-order chi connectivity index (χ1) is 15.9. The Morgan fingerprint density at radius 3 is 2.24 bits per heavy atom. The Labute approximate surface area is 194 Å². The van der Waals surface area contributed by atoms with Gasteiger partial charge in [-0.2, -0.15) is 0 Å². The second-order valence-electron chi connectivity index (χ2n) is 8.13. The topological polar surface area (TPSA) is 89.9 Å². The number of amides is 2. The fourth-order valence-corrected chi connectivity index (χ4v) is 4.40. The minimum Gasteiger partial charge on any atom is -0.462 e. The van der Waals surface area contributed by atoms with Crippen LogP contribution in [-0.4, -0.2) is 59.8 Å². The van der Waals surface area contributed by atoms with Crippen molar-refractivity contribution in [2.75, 3.05) is 26.3 Å². The molecule has 3 rings (SSSR count). The van der Waals surface area contributed by atoms with Gasteiger partial charge < -0.3 is 24.3 Å². The number of rotatable bonds is 7. The van der Waals surface area contributed by atoms with Gasteiger partial charge >= 0.3 is 12.1 Å². The summed E-state index contributed by atoms with van der Waals surface area (Å²) in [7, 11) is 0. The molecule has 33 heavy (non-hydrogen) atoms. The van der Waals surface area contributed by atoms with Crippen molar-refractivity contribution in [3.63, 3.8) is 0 Å². The third kappa shape index (κ3) is 5.56. The highest BCUT2D eigenvalue weighted by atomic mass is 16.6. The maximum Gasteiger partial charge on any atom is 0.409 e. The number of nitrogens with one attached hydrogen (secondary N) is 1. The summed E-state index contributed by atoms with van der Waals surface area (Å²) in [6.07, 6.45) is 1.04. The van der Waals surface area contributed by atoms with Gasteiger partial charge in [-0.15, -0.1) is 0 Å². The van der Waals surface area contributed by atoms with Crippen LogP contribution in [0.25, 0.3) is 11.3 Å². The Morgan fingerprint density at radius 2 is 1.64 bits per heavy atom. The number of ether oxygens (including phenoxy) is 2. The molecule has 1 aliphatic rings. The lowest BCUT2D eigenvalue weighted by molar-refractivity contribution is -0.122. The number of likely N-dealkylation sites (tertiary alicyclic amines) is 1. The largest absolute Gasteiger partial charge is 0.462 e. The summed E-state index contributed by atoms with van der Waals surface area (Å²) >= 11 is 0. The molecule has 0 bridgehead atoms. The third-order valence-electron chi connectivity index (χ3n) is 5.98. The van der Waals surface area contributed by atoms with E-state index in [-0.39, 0.29) is 37.2 Å². The summed E-state index contributed by atoms with van der Waals surface area (Å²) in [5.74, 6) is -0.509. The smallest absolute Gasteiger partial charge is 0.409 e. The fraction of sp³-hybridized carbons (Fsp3) is 0.480.